The predicted molar refractivity (Wildman–Crippen MR) is 358 cm³/mol. The van der Waals surface area contributed by atoms with Crippen LogP contribution in [0.25, 0.3) is 0 Å². The van der Waals surface area contributed by atoms with Gasteiger partial charge in [0.2, 0.25) is 11.6 Å². The number of aliphatic imine (C=N–C) groups is 1. The van der Waals surface area contributed by atoms with Crippen LogP contribution in [0, 0.1) is 29.1 Å². The van der Waals surface area contributed by atoms with Crippen LogP contribution in [0.5, 0.6) is 11.5 Å². The number of aliphatic hydroxyl groups excluding tert-OH is 9. The summed E-state index contributed by atoms with van der Waals surface area (Å²) in [4.78, 5) is 66.6. The highest BCUT2D eigenvalue weighted by Gasteiger charge is 2.61. The van der Waals surface area contributed by atoms with Crippen LogP contribution < -0.4 is 49.1 Å². The summed E-state index contributed by atoms with van der Waals surface area (Å²) >= 11 is 0. The number of nitrogens with one attached hydrogen (secondary N) is 7. The summed E-state index contributed by atoms with van der Waals surface area (Å²) in [7, 11) is 1.42. The van der Waals surface area contributed by atoms with Crippen LogP contribution in [-0.2, 0) is 42.8 Å². The second kappa shape index (κ2) is 36.7. The molecule has 3 saturated heterocycles. The minimum absolute atomic E-state index is 0.00939. The summed E-state index contributed by atoms with van der Waals surface area (Å²) in [5.41, 5.74) is 15.8. The van der Waals surface area contributed by atoms with E-state index in [9.17, 15) is 75.0 Å². The van der Waals surface area contributed by atoms with Crippen LogP contribution in [0.3, 0.4) is 0 Å². The van der Waals surface area contributed by atoms with Gasteiger partial charge in [-0.2, -0.15) is 0 Å². The van der Waals surface area contributed by atoms with Crippen LogP contribution in [0.1, 0.15) is 104 Å². The summed E-state index contributed by atoms with van der Waals surface area (Å²) in [6, 6.07) is 1.72. The van der Waals surface area contributed by atoms with Crippen LogP contribution >= 0.6 is 0 Å². The van der Waals surface area contributed by atoms with Crippen molar-refractivity contribution in [1.29, 1.82) is 5.41 Å². The first-order chi connectivity index (χ1) is 47.6. The molecule has 0 unspecified atom stereocenters. The standard InChI is InChI=1S/C23H34O5.C22H28N4O6.C21H39N7O12/c1-4-14(2)23(26)28-20-7-5-6-16-9-8-15(3)19(22(16)20)11-10-18-12-17(24)13-21(25)27-18;27-11-9-23-5-7-25-13-1-2-14(26-8-6-24-10-12-28)18-17(13)21(31)19-15(29)3-4-16(30)20(19)22(18)32;1-5-21(36,4-30)16(40-17-9(26-2)13(34)10(31)6(3-29)38-17)18(37-5)39-15-8(28-20(24)25)11(32)7(27-19(22)23)12(33)14(15)35/h6,8-9,14-15,17-20,22,24H,4-5,7,10-13H2,1-3H3;1-4,23-30H,5-12H2;4-18,26,29,31-36H,3H2,1-2H3,(H4,22,23,27)(H4,24,25,28)/t14-,15-,17+,18+,19-,20-,22-;;5-,6-,7+,8-,9-,10-,11+,12-,13-,14+,15+,16-,17-,18-,21+/m0.0/s1. The number of phenols is 2. The van der Waals surface area contributed by atoms with Crippen LogP contribution in [0.15, 0.2) is 53.1 Å². The smallest absolute Gasteiger partial charge is 0.308 e. The third-order valence-electron chi connectivity index (χ3n) is 19.2. The number of anilines is 2. The molecule has 0 radical (unpaired) electrons. The molecule has 0 spiro atoms. The Hall–Kier alpha value is -7.07. The topological polar surface area (TPSA) is 570 Å². The summed E-state index contributed by atoms with van der Waals surface area (Å²) in [6.07, 6.45) is -6.66. The van der Waals surface area contributed by atoms with E-state index in [4.69, 9.17) is 61.2 Å². The van der Waals surface area contributed by atoms with Crippen molar-refractivity contribution in [2.45, 2.75) is 182 Å². The van der Waals surface area contributed by atoms with Crippen molar-refractivity contribution >= 4 is 53.1 Å². The SMILES string of the molecule is CC[C@H](C)C(=O)O[C@H]1CCC=C2C=C[C@H](C)[C@H](CC[C@@H]3C[C@@H](O)CC(=O)O3)[C@H]21.CN[C@@H]1[C@H](O[C@H]2[C@H](O[C@H]3[C@H](O)[C@@H](O)[C@H](N=C(N)N)[C@@H](O)[C@@H]3NC(=N)N)O[C@@H](C)[C@]2(O)C=O)O[C@@H](CO)[C@H](O)[C@H]1O.O=C1c2c(O)ccc(O)c2C(=O)c2c(NCCNCCO)ccc(NCCNCCO)c21. The second-order valence-electron chi connectivity index (χ2n) is 25.9. The molecule has 2 aromatic rings. The molecule has 34 nitrogen and oxygen atoms in total. The van der Waals surface area contributed by atoms with Gasteiger partial charge in [-0.05, 0) is 87.7 Å². The van der Waals surface area contributed by atoms with Crippen molar-refractivity contribution in [3.8, 4) is 11.5 Å². The lowest BCUT2D eigenvalue weighted by Gasteiger charge is -2.46. The number of allylic oxidation sites excluding steroid dienone is 3. The minimum Gasteiger partial charge on any atom is -0.507 e. The number of benzene rings is 2. The highest BCUT2D eigenvalue weighted by molar-refractivity contribution is 6.33. The van der Waals surface area contributed by atoms with Gasteiger partial charge in [-0.3, -0.25) is 29.4 Å². The molecule has 0 aromatic heterocycles. The maximum absolute atomic E-state index is 13.4. The molecule has 7 aliphatic rings. The fraction of sp³-hybridized carbons (Fsp3) is 0.652. The van der Waals surface area contributed by atoms with E-state index < -0.39 is 127 Å². The fourth-order valence-electron chi connectivity index (χ4n) is 13.6. The van der Waals surface area contributed by atoms with Crippen LogP contribution in [0.2, 0.25) is 0 Å². The van der Waals surface area contributed by atoms with Crippen LogP contribution in [-0.4, -0.2) is 279 Å². The number of fused-ring (bicyclic) bond motifs is 3. The molecule has 25 N–H and O–H groups in total. The average Bonchev–Trinajstić information content (AvgIpc) is 0.773. The second-order valence-corrected chi connectivity index (χ2v) is 25.9. The van der Waals surface area contributed by atoms with E-state index in [1.807, 2.05) is 13.8 Å². The molecule has 3 heterocycles. The number of ketones is 2. The molecule has 22 atom stereocenters. The normalized spacial score (nSPS) is 33.1. The maximum atomic E-state index is 13.4. The summed E-state index contributed by atoms with van der Waals surface area (Å²) in [5.74, 6) is -2.60. The lowest BCUT2D eigenvalue weighted by molar-refractivity contribution is -0.314. The number of hydrogen-bond acceptors (Lipinski definition) is 30. The number of ether oxygens (including phenoxy) is 6. The van der Waals surface area contributed by atoms with Gasteiger partial charge in [-0.15, -0.1) is 0 Å². The number of phenolic OH excluding ortho intramolecular Hbond substituents is 2. The average molecular weight is 1420 g/mol. The van der Waals surface area contributed by atoms with Gasteiger partial charge in [0.15, 0.2) is 36.4 Å². The molecule has 558 valence electrons. The Bertz CT molecular complexity index is 3140. The molecule has 2 aromatic carbocycles. The number of carbonyl (C=O) groups excluding carboxylic acids is 5. The number of guanidine groups is 2. The van der Waals surface area contributed by atoms with Gasteiger partial charge in [0.25, 0.3) is 0 Å². The first kappa shape index (κ1) is 80.2. The van der Waals surface area contributed by atoms with Crippen molar-refractivity contribution in [2.24, 2.45) is 45.9 Å². The van der Waals surface area contributed by atoms with Gasteiger partial charge in [0.05, 0.1) is 78.7 Å². The van der Waals surface area contributed by atoms with Gasteiger partial charge in [0.1, 0.15) is 78.6 Å². The van der Waals surface area contributed by atoms with Gasteiger partial charge < -0.3 is 139 Å². The van der Waals surface area contributed by atoms with E-state index in [0.29, 0.717) is 68.9 Å². The number of esters is 2. The molecule has 34 heteroatoms. The molecule has 0 bridgehead atoms. The number of carbonyl (C=O) groups is 5. The summed E-state index contributed by atoms with van der Waals surface area (Å²) < 4.78 is 34.4. The Kier molecular flexibility index (Phi) is 29.4. The highest BCUT2D eigenvalue weighted by Crippen LogP contribution is 2.46. The van der Waals surface area contributed by atoms with E-state index in [1.54, 1.807) is 12.1 Å². The number of hydrogen-bond donors (Lipinski definition) is 22. The third-order valence-corrected chi connectivity index (χ3v) is 19.2. The first-order valence-electron chi connectivity index (χ1n) is 33.7. The third kappa shape index (κ3) is 18.8. The number of likely N-dealkylation sites (N-methyl/N-ethyl adjacent to an activating group) is 1. The molecule has 4 fully saturated rings. The monoisotopic (exact) mass is 1420 g/mol. The van der Waals surface area contributed by atoms with Crippen molar-refractivity contribution in [3.63, 3.8) is 0 Å². The van der Waals surface area contributed by atoms with Crippen molar-refractivity contribution in [2.75, 3.05) is 76.8 Å². The van der Waals surface area contributed by atoms with Gasteiger partial charge in [-0.1, -0.05) is 39.0 Å². The number of aldehydes is 1. The first-order valence-corrected chi connectivity index (χ1v) is 33.7. The number of aromatic hydroxyl groups is 2. The molecule has 1 saturated carbocycles. The lowest BCUT2D eigenvalue weighted by atomic mass is 9.66. The van der Waals surface area contributed by atoms with E-state index in [-0.39, 0.29) is 95.7 Å². The number of nitrogens with two attached hydrogens (primary N) is 3. The zero-order valence-corrected chi connectivity index (χ0v) is 56.6. The molecule has 100 heavy (non-hydrogen) atoms. The summed E-state index contributed by atoms with van der Waals surface area (Å²) in [6.45, 7) is 9.56. The molecule has 4 aliphatic carbocycles. The van der Waals surface area contributed by atoms with E-state index in [2.05, 4.69) is 62.0 Å². The number of aliphatic hydroxyl groups is 10. The van der Waals surface area contributed by atoms with Gasteiger partial charge in [-0.25, -0.2) is 4.99 Å². The quantitative estimate of drug-likeness (QED) is 0.00860. The Morgan fingerprint density at radius 3 is 1.93 bits per heavy atom. The maximum Gasteiger partial charge on any atom is 0.308 e. The molecular formula is C66H101N11O23. The van der Waals surface area contributed by atoms with Crippen molar-refractivity contribution in [3.05, 3.63) is 70.3 Å². The fourth-order valence-corrected chi connectivity index (χ4v) is 13.6. The molecule has 9 rings (SSSR count). The van der Waals surface area contributed by atoms with Gasteiger partial charge >= 0.3 is 11.9 Å². The highest BCUT2D eigenvalue weighted by atomic mass is 16.8. The van der Waals surface area contributed by atoms with Crippen molar-refractivity contribution < 1.29 is 114 Å². The Morgan fingerprint density at radius 2 is 1.40 bits per heavy atom. The summed E-state index contributed by atoms with van der Waals surface area (Å²) in [5, 5.41) is 147. The molecular weight excluding hydrogens is 1310 g/mol. The molecule has 3 aliphatic heterocycles. The van der Waals surface area contributed by atoms with E-state index in [1.165, 1.54) is 31.7 Å². The zero-order valence-electron chi connectivity index (χ0n) is 56.6. The lowest BCUT2D eigenvalue weighted by Crippen LogP contribution is -2.70. The Balaban J connectivity index is 0.000000214. The number of cyclic esters (lactones) is 1. The largest absolute Gasteiger partial charge is 0.507 e. The van der Waals surface area contributed by atoms with E-state index in [0.717, 1.165) is 32.1 Å². The molecule has 0 amide bonds. The Labute approximate surface area is 578 Å². The minimum atomic E-state index is -2.39. The predicted octanol–water partition coefficient (Wildman–Crippen LogP) is -4.14. The Morgan fingerprint density at radius 1 is 0.790 bits per heavy atom. The number of rotatable bonds is 27. The van der Waals surface area contributed by atoms with Gasteiger partial charge in [0, 0.05) is 63.0 Å². The zero-order chi connectivity index (χ0) is 73.4. The van der Waals surface area contributed by atoms with Crippen LogP contribution in [0.4, 0.5) is 11.4 Å². The van der Waals surface area contributed by atoms with E-state index >= 15 is 0 Å². The van der Waals surface area contributed by atoms with Crippen molar-refractivity contribution in [1.82, 2.24) is 21.3 Å². The number of nitrogens with zero attached hydrogens (tertiary/aromatic N) is 1.